The van der Waals surface area contributed by atoms with Gasteiger partial charge in [-0.3, -0.25) is 4.79 Å². The molecule has 128 valence electrons. The number of anilines is 1. The molecule has 0 radical (unpaired) electrons. The number of nitrogens with one attached hydrogen (secondary N) is 1. The highest BCUT2D eigenvalue weighted by Crippen LogP contribution is 2.24. The molecule has 3 rings (SSSR count). The first-order valence-electron chi connectivity index (χ1n) is 7.24. The Labute approximate surface area is 152 Å². The van der Waals surface area contributed by atoms with Gasteiger partial charge in [-0.25, -0.2) is 9.78 Å². The molecule has 0 unspecified atom stereocenters. The highest BCUT2D eigenvalue weighted by Gasteiger charge is 2.16. The zero-order valence-electron chi connectivity index (χ0n) is 13.2. The normalized spacial score (nSPS) is 10.3. The Balaban J connectivity index is 1.69. The van der Waals surface area contributed by atoms with Crippen LogP contribution in [0.1, 0.15) is 25.7 Å². The first kappa shape index (κ1) is 17.1. The molecule has 25 heavy (non-hydrogen) atoms. The molecule has 0 saturated carbocycles. The van der Waals surface area contributed by atoms with E-state index in [1.54, 1.807) is 41.2 Å². The SMILES string of the molecule is COC(=O)c1sccc1NC(=O)c1cccc(OCc2cscn2)c1. The summed E-state index contributed by atoms with van der Waals surface area (Å²) in [4.78, 5) is 28.6. The van der Waals surface area contributed by atoms with Crippen molar-refractivity contribution >= 4 is 40.2 Å². The lowest BCUT2D eigenvalue weighted by molar-refractivity contribution is 0.0607. The summed E-state index contributed by atoms with van der Waals surface area (Å²) in [5, 5.41) is 6.35. The number of amides is 1. The number of benzene rings is 1. The first-order valence-corrected chi connectivity index (χ1v) is 9.06. The molecule has 6 nitrogen and oxygen atoms in total. The van der Waals surface area contributed by atoms with Crippen LogP contribution in [0.4, 0.5) is 5.69 Å². The fourth-order valence-corrected chi connectivity index (χ4v) is 3.36. The topological polar surface area (TPSA) is 77.5 Å². The second-order valence-electron chi connectivity index (χ2n) is 4.91. The standard InChI is InChI=1S/C17H14N2O4S2/c1-22-17(21)15-14(5-6-25-15)19-16(20)11-3-2-4-13(7-11)23-8-12-9-24-10-18-12/h2-7,9-10H,8H2,1H3,(H,19,20). The van der Waals surface area contributed by atoms with Gasteiger partial charge < -0.3 is 14.8 Å². The highest BCUT2D eigenvalue weighted by molar-refractivity contribution is 7.12. The average Bonchev–Trinajstić information content (AvgIpc) is 3.31. The smallest absolute Gasteiger partial charge is 0.350 e. The molecule has 0 bridgehead atoms. The summed E-state index contributed by atoms with van der Waals surface area (Å²) in [5.74, 6) is -0.243. The van der Waals surface area contributed by atoms with Crippen molar-refractivity contribution in [3.05, 3.63) is 62.7 Å². The zero-order valence-corrected chi connectivity index (χ0v) is 14.9. The van der Waals surface area contributed by atoms with Crippen molar-refractivity contribution in [1.82, 2.24) is 4.98 Å². The molecule has 8 heteroatoms. The van der Waals surface area contributed by atoms with Gasteiger partial charge in [0.25, 0.3) is 5.91 Å². The molecule has 0 atom stereocenters. The predicted molar refractivity (Wildman–Crippen MR) is 96.5 cm³/mol. The van der Waals surface area contributed by atoms with Gasteiger partial charge in [0.15, 0.2) is 0 Å². The summed E-state index contributed by atoms with van der Waals surface area (Å²) < 4.78 is 10.4. The summed E-state index contributed by atoms with van der Waals surface area (Å²) in [5.41, 5.74) is 3.43. The van der Waals surface area contributed by atoms with Gasteiger partial charge >= 0.3 is 5.97 Å². The predicted octanol–water partition coefficient (Wildman–Crippen LogP) is 3.82. The number of hydrogen-bond acceptors (Lipinski definition) is 7. The molecule has 0 aliphatic rings. The van der Waals surface area contributed by atoms with Gasteiger partial charge in [-0.1, -0.05) is 6.07 Å². The van der Waals surface area contributed by atoms with E-state index in [1.807, 2.05) is 5.38 Å². The van der Waals surface area contributed by atoms with Gasteiger partial charge in [0, 0.05) is 10.9 Å². The van der Waals surface area contributed by atoms with Crippen molar-refractivity contribution in [2.45, 2.75) is 6.61 Å². The lowest BCUT2D eigenvalue weighted by Crippen LogP contribution is -2.14. The number of nitrogens with zero attached hydrogens (tertiary/aromatic N) is 1. The van der Waals surface area contributed by atoms with Gasteiger partial charge in [-0.15, -0.1) is 22.7 Å². The Morgan fingerprint density at radius 2 is 2.16 bits per heavy atom. The Morgan fingerprint density at radius 1 is 1.28 bits per heavy atom. The van der Waals surface area contributed by atoms with Gasteiger partial charge in [-0.2, -0.15) is 0 Å². The van der Waals surface area contributed by atoms with E-state index in [1.165, 1.54) is 29.8 Å². The number of esters is 1. The van der Waals surface area contributed by atoms with E-state index in [0.717, 1.165) is 5.69 Å². The maximum absolute atomic E-state index is 12.4. The van der Waals surface area contributed by atoms with E-state index in [4.69, 9.17) is 9.47 Å². The molecule has 0 aliphatic heterocycles. The van der Waals surface area contributed by atoms with Crippen LogP contribution >= 0.6 is 22.7 Å². The second kappa shape index (κ2) is 7.91. The van der Waals surface area contributed by atoms with Crippen LogP contribution in [-0.2, 0) is 11.3 Å². The maximum Gasteiger partial charge on any atom is 0.350 e. The molecule has 0 fully saturated rings. The molecular formula is C17H14N2O4S2. The number of carbonyl (C=O) groups excluding carboxylic acids is 2. The molecule has 3 aromatic rings. The molecule has 1 aromatic carbocycles. The third kappa shape index (κ3) is 4.23. The Kier molecular flexibility index (Phi) is 5.42. The average molecular weight is 374 g/mol. The number of hydrogen-bond donors (Lipinski definition) is 1. The van der Waals surface area contributed by atoms with E-state index in [-0.39, 0.29) is 5.91 Å². The van der Waals surface area contributed by atoms with Crippen LogP contribution in [0.5, 0.6) is 5.75 Å². The molecular weight excluding hydrogens is 360 g/mol. The van der Waals surface area contributed by atoms with Crippen LogP contribution in [0.15, 0.2) is 46.6 Å². The third-order valence-corrected chi connectivity index (χ3v) is 4.78. The molecule has 2 aromatic heterocycles. The number of methoxy groups -OCH3 is 1. The monoisotopic (exact) mass is 374 g/mol. The van der Waals surface area contributed by atoms with Gasteiger partial charge in [0.2, 0.25) is 0 Å². The first-order chi connectivity index (χ1) is 12.2. The minimum Gasteiger partial charge on any atom is -0.487 e. The molecule has 2 heterocycles. The van der Waals surface area contributed by atoms with E-state index in [0.29, 0.717) is 28.5 Å². The van der Waals surface area contributed by atoms with Crippen molar-refractivity contribution in [2.75, 3.05) is 12.4 Å². The Bertz CT molecular complexity index is 874. The van der Waals surface area contributed by atoms with Crippen LogP contribution in [0.25, 0.3) is 0 Å². The van der Waals surface area contributed by atoms with Crippen molar-refractivity contribution in [1.29, 1.82) is 0 Å². The van der Waals surface area contributed by atoms with Crippen LogP contribution in [0.2, 0.25) is 0 Å². The van der Waals surface area contributed by atoms with Gasteiger partial charge in [-0.05, 0) is 29.6 Å². The van der Waals surface area contributed by atoms with Crippen LogP contribution in [0, 0.1) is 0 Å². The lowest BCUT2D eigenvalue weighted by Gasteiger charge is -2.08. The van der Waals surface area contributed by atoms with Crippen molar-refractivity contribution < 1.29 is 19.1 Å². The number of rotatable bonds is 6. The summed E-state index contributed by atoms with van der Waals surface area (Å²) in [7, 11) is 1.30. The largest absolute Gasteiger partial charge is 0.487 e. The number of thiophene rings is 1. The molecule has 0 spiro atoms. The van der Waals surface area contributed by atoms with Crippen molar-refractivity contribution in [2.24, 2.45) is 0 Å². The van der Waals surface area contributed by atoms with Crippen LogP contribution in [-0.4, -0.2) is 24.0 Å². The fraction of sp³-hybridized carbons (Fsp3) is 0.118. The molecule has 0 aliphatic carbocycles. The number of aromatic nitrogens is 1. The third-order valence-electron chi connectivity index (χ3n) is 3.25. The molecule has 0 saturated heterocycles. The minimum absolute atomic E-state index is 0.331. The van der Waals surface area contributed by atoms with Crippen molar-refractivity contribution in [3.63, 3.8) is 0 Å². The molecule has 1 amide bonds. The van der Waals surface area contributed by atoms with Gasteiger partial charge in [0.1, 0.15) is 17.2 Å². The fourth-order valence-electron chi connectivity index (χ4n) is 2.05. The Hall–Kier alpha value is -2.71. The van der Waals surface area contributed by atoms with Gasteiger partial charge in [0.05, 0.1) is 24.0 Å². The summed E-state index contributed by atoms with van der Waals surface area (Å²) in [6.07, 6.45) is 0. The molecule has 1 N–H and O–H groups in total. The van der Waals surface area contributed by atoms with E-state index < -0.39 is 5.97 Å². The van der Waals surface area contributed by atoms with E-state index >= 15 is 0 Å². The minimum atomic E-state index is -0.481. The number of carbonyl (C=O) groups is 2. The lowest BCUT2D eigenvalue weighted by atomic mass is 10.2. The number of thiazole rings is 1. The van der Waals surface area contributed by atoms with E-state index in [2.05, 4.69) is 10.3 Å². The van der Waals surface area contributed by atoms with Crippen molar-refractivity contribution in [3.8, 4) is 5.75 Å². The highest BCUT2D eigenvalue weighted by atomic mass is 32.1. The quantitative estimate of drug-likeness (QED) is 0.664. The summed E-state index contributed by atoms with van der Waals surface area (Å²) >= 11 is 2.71. The number of ether oxygens (including phenoxy) is 2. The summed E-state index contributed by atoms with van der Waals surface area (Å²) in [6.45, 7) is 0.339. The van der Waals surface area contributed by atoms with Crippen LogP contribution < -0.4 is 10.1 Å². The van der Waals surface area contributed by atoms with Crippen LogP contribution in [0.3, 0.4) is 0 Å². The van der Waals surface area contributed by atoms with E-state index in [9.17, 15) is 9.59 Å². The second-order valence-corrected chi connectivity index (χ2v) is 6.54. The zero-order chi connectivity index (χ0) is 17.6. The Morgan fingerprint density at radius 3 is 2.92 bits per heavy atom. The maximum atomic E-state index is 12.4. The summed E-state index contributed by atoms with van der Waals surface area (Å²) in [6, 6.07) is 8.49.